The summed E-state index contributed by atoms with van der Waals surface area (Å²) in [7, 11) is 1.30. The van der Waals surface area contributed by atoms with Gasteiger partial charge in [0.25, 0.3) is 5.56 Å². The fourth-order valence-electron chi connectivity index (χ4n) is 3.93. The van der Waals surface area contributed by atoms with Crippen molar-refractivity contribution in [2.75, 3.05) is 7.11 Å². The Morgan fingerprint density at radius 1 is 1.06 bits per heavy atom. The topological polar surface area (TPSA) is 52.7 Å². The Labute approximate surface area is 196 Å². The highest BCUT2D eigenvalue weighted by molar-refractivity contribution is 7.73. The van der Waals surface area contributed by atoms with Crippen LogP contribution < -0.4 is 5.56 Å². The van der Waals surface area contributed by atoms with Gasteiger partial charge in [0.05, 0.1) is 35.0 Å². The molecular weight excluding hydrogens is 459 g/mol. The Morgan fingerprint density at radius 3 is 2.52 bits per heavy atom. The van der Waals surface area contributed by atoms with Crippen LogP contribution in [-0.4, -0.2) is 22.0 Å². The maximum absolute atomic E-state index is 14.5. The first-order valence-electron chi connectivity index (χ1n) is 10.1. The van der Waals surface area contributed by atoms with Crippen LogP contribution in [0.4, 0.5) is 4.39 Å². The summed E-state index contributed by atoms with van der Waals surface area (Å²) >= 11 is 7.07. The lowest BCUT2D eigenvalue weighted by atomic mass is 10.1. The largest absolute Gasteiger partial charge is 0.465 e. The standard InChI is InChI=1S/C25H17FN2O3S2/c1-31-24(30)16-11-12-18-20(13-16)28-22(21(33-25(28)32)15-7-3-2-4-8-15)27(23(18)29)14-17-9-5-6-10-19(17)26/h2-13H,14H2,1H3. The number of fused-ring (bicyclic) bond motifs is 3. The first-order chi connectivity index (χ1) is 16.0. The van der Waals surface area contributed by atoms with Crippen LogP contribution in [0.3, 0.4) is 0 Å². The second kappa shape index (κ2) is 8.38. The molecule has 2 aromatic heterocycles. The van der Waals surface area contributed by atoms with E-state index in [2.05, 4.69) is 0 Å². The van der Waals surface area contributed by atoms with Gasteiger partial charge in [0.2, 0.25) is 0 Å². The number of carbonyl (C=O) groups is 1. The molecule has 0 N–H and O–H groups in total. The van der Waals surface area contributed by atoms with Crippen molar-refractivity contribution in [3.05, 3.63) is 104 Å². The third-order valence-corrected chi connectivity index (χ3v) is 6.91. The Morgan fingerprint density at radius 2 is 1.79 bits per heavy atom. The van der Waals surface area contributed by atoms with Crippen molar-refractivity contribution in [1.82, 2.24) is 8.97 Å². The molecule has 5 rings (SSSR count). The van der Waals surface area contributed by atoms with Crippen molar-refractivity contribution in [3.63, 3.8) is 0 Å². The predicted octanol–water partition coefficient (Wildman–Crippen LogP) is 5.69. The highest BCUT2D eigenvalue weighted by atomic mass is 32.1. The van der Waals surface area contributed by atoms with E-state index in [4.69, 9.17) is 17.0 Å². The average Bonchev–Trinajstić information content (AvgIpc) is 3.19. The second-order valence-electron chi connectivity index (χ2n) is 7.43. The first-order valence-corrected chi connectivity index (χ1v) is 11.3. The molecule has 0 unspecified atom stereocenters. The lowest BCUT2D eigenvalue weighted by Crippen LogP contribution is -2.24. The van der Waals surface area contributed by atoms with Gasteiger partial charge < -0.3 is 4.74 Å². The number of ether oxygens (including phenoxy) is 1. The predicted molar refractivity (Wildman–Crippen MR) is 130 cm³/mol. The number of rotatable bonds is 4. The molecule has 0 bridgehead atoms. The number of nitrogens with zero attached hydrogens (tertiary/aromatic N) is 2. The summed E-state index contributed by atoms with van der Waals surface area (Å²) in [4.78, 5) is 26.6. The van der Waals surface area contributed by atoms with Crippen molar-refractivity contribution in [3.8, 4) is 10.4 Å². The van der Waals surface area contributed by atoms with E-state index in [1.807, 2.05) is 30.3 Å². The lowest BCUT2D eigenvalue weighted by Gasteiger charge is -2.14. The molecule has 0 aliphatic rings. The van der Waals surface area contributed by atoms with E-state index in [9.17, 15) is 14.0 Å². The highest BCUT2D eigenvalue weighted by Gasteiger charge is 2.20. The molecule has 0 spiro atoms. The van der Waals surface area contributed by atoms with Gasteiger partial charge in [0.15, 0.2) is 3.95 Å². The Bertz CT molecular complexity index is 1650. The van der Waals surface area contributed by atoms with Crippen molar-refractivity contribution >= 4 is 46.1 Å². The first kappa shape index (κ1) is 21.2. The van der Waals surface area contributed by atoms with Gasteiger partial charge in [-0.15, -0.1) is 11.3 Å². The summed E-state index contributed by atoms with van der Waals surface area (Å²) < 4.78 is 23.2. The number of methoxy groups -OCH3 is 1. The minimum Gasteiger partial charge on any atom is -0.465 e. The number of hydrogen-bond acceptors (Lipinski definition) is 5. The maximum atomic E-state index is 14.5. The molecular formula is C25H17FN2O3S2. The average molecular weight is 477 g/mol. The highest BCUT2D eigenvalue weighted by Crippen LogP contribution is 2.33. The van der Waals surface area contributed by atoms with Crippen molar-refractivity contribution < 1.29 is 13.9 Å². The minimum absolute atomic E-state index is 0.0367. The summed E-state index contributed by atoms with van der Waals surface area (Å²) in [6.45, 7) is 0.0367. The molecule has 0 atom stereocenters. The molecule has 0 saturated heterocycles. The number of carbonyl (C=O) groups excluding carboxylic acids is 1. The second-order valence-corrected chi connectivity index (χ2v) is 9.07. The third kappa shape index (κ3) is 3.57. The van der Waals surface area contributed by atoms with Crippen LogP contribution in [0.5, 0.6) is 0 Å². The van der Waals surface area contributed by atoms with Gasteiger partial charge in [0.1, 0.15) is 11.5 Å². The number of aromatic nitrogens is 2. The molecule has 8 heteroatoms. The Balaban J connectivity index is 1.92. The fourth-order valence-corrected chi connectivity index (χ4v) is 5.36. The normalized spacial score (nSPS) is 11.2. The van der Waals surface area contributed by atoms with E-state index in [-0.39, 0.29) is 12.1 Å². The summed E-state index contributed by atoms with van der Waals surface area (Å²) in [5.74, 6) is -0.899. The SMILES string of the molecule is COC(=O)c1ccc2c(=O)n(Cc3ccccc3F)c3c(-c4ccccc4)sc(=S)n3c2c1. The zero-order chi connectivity index (χ0) is 23.1. The van der Waals surface area contributed by atoms with Gasteiger partial charge in [-0.2, -0.15) is 0 Å². The summed E-state index contributed by atoms with van der Waals surface area (Å²) in [6, 6.07) is 20.7. The fraction of sp³-hybridized carbons (Fsp3) is 0.0800. The number of benzene rings is 3. The molecule has 2 heterocycles. The van der Waals surface area contributed by atoms with E-state index in [1.165, 1.54) is 24.5 Å². The zero-order valence-corrected chi connectivity index (χ0v) is 19.1. The molecule has 0 amide bonds. The van der Waals surface area contributed by atoms with Crippen molar-refractivity contribution in [2.45, 2.75) is 6.54 Å². The van der Waals surface area contributed by atoms with E-state index in [0.717, 1.165) is 10.4 Å². The monoisotopic (exact) mass is 476 g/mol. The molecule has 0 radical (unpaired) electrons. The summed E-state index contributed by atoms with van der Waals surface area (Å²) in [5, 5.41) is 0.375. The molecule has 0 aliphatic heterocycles. The Kier molecular flexibility index (Phi) is 5.39. The number of halogens is 1. The Hall–Kier alpha value is -3.62. The molecule has 33 heavy (non-hydrogen) atoms. The number of thiazole rings is 1. The summed E-state index contributed by atoms with van der Waals surface area (Å²) in [6.07, 6.45) is 0. The number of hydrogen-bond donors (Lipinski definition) is 0. The van der Waals surface area contributed by atoms with Crippen LogP contribution in [0.2, 0.25) is 0 Å². The molecule has 0 saturated carbocycles. The smallest absolute Gasteiger partial charge is 0.337 e. The quantitative estimate of drug-likeness (QED) is 0.247. The molecule has 5 nitrogen and oxygen atoms in total. The van der Waals surface area contributed by atoms with E-state index < -0.39 is 11.8 Å². The number of esters is 1. The van der Waals surface area contributed by atoms with Crippen LogP contribution >= 0.6 is 23.6 Å². The molecule has 5 aromatic rings. The molecule has 0 fully saturated rings. The van der Waals surface area contributed by atoms with Gasteiger partial charge in [-0.1, -0.05) is 48.5 Å². The minimum atomic E-state index is -0.509. The van der Waals surface area contributed by atoms with E-state index in [1.54, 1.807) is 45.4 Å². The molecule has 0 aliphatic carbocycles. The van der Waals surface area contributed by atoms with Gasteiger partial charge in [-0.05, 0) is 42.0 Å². The van der Waals surface area contributed by atoms with Crippen LogP contribution in [0.15, 0.2) is 77.6 Å². The van der Waals surface area contributed by atoms with Crippen molar-refractivity contribution in [1.29, 1.82) is 0 Å². The van der Waals surface area contributed by atoms with Gasteiger partial charge in [-0.25, -0.2) is 9.18 Å². The van der Waals surface area contributed by atoms with Gasteiger partial charge in [-0.3, -0.25) is 13.8 Å². The summed E-state index contributed by atoms with van der Waals surface area (Å²) in [5.41, 5.74) is 2.36. The van der Waals surface area contributed by atoms with Crippen LogP contribution in [0, 0.1) is 9.77 Å². The molecule has 3 aromatic carbocycles. The van der Waals surface area contributed by atoms with Crippen LogP contribution in [-0.2, 0) is 11.3 Å². The maximum Gasteiger partial charge on any atom is 0.337 e. The van der Waals surface area contributed by atoms with E-state index in [0.29, 0.717) is 31.6 Å². The van der Waals surface area contributed by atoms with E-state index >= 15 is 0 Å². The van der Waals surface area contributed by atoms with Gasteiger partial charge in [0, 0.05) is 5.56 Å². The lowest BCUT2D eigenvalue weighted by molar-refractivity contribution is 0.0601. The molecule has 164 valence electrons. The zero-order valence-electron chi connectivity index (χ0n) is 17.4. The third-order valence-electron chi connectivity index (χ3n) is 5.50. The van der Waals surface area contributed by atoms with Gasteiger partial charge >= 0.3 is 5.97 Å². The van der Waals surface area contributed by atoms with Crippen molar-refractivity contribution in [2.24, 2.45) is 0 Å². The van der Waals surface area contributed by atoms with Crippen LogP contribution in [0.1, 0.15) is 15.9 Å². The van der Waals surface area contributed by atoms with Crippen LogP contribution in [0.25, 0.3) is 27.0 Å².